The summed E-state index contributed by atoms with van der Waals surface area (Å²) >= 11 is 0. The topological polar surface area (TPSA) is 23.9 Å². The summed E-state index contributed by atoms with van der Waals surface area (Å²) in [4.78, 5) is 0. The van der Waals surface area contributed by atoms with Crippen molar-refractivity contribution in [2.45, 2.75) is 6.42 Å². The van der Waals surface area contributed by atoms with Gasteiger partial charge in [-0.25, -0.2) is 0 Å². The van der Waals surface area contributed by atoms with Crippen molar-refractivity contribution in [1.29, 1.82) is 5.41 Å². The van der Waals surface area contributed by atoms with Gasteiger partial charge in [-0.15, -0.1) is 6.42 Å². The Morgan fingerprint density at radius 2 is 2.15 bits per heavy atom. The van der Waals surface area contributed by atoms with Crippen molar-refractivity contribution in [2.75, 3.05) is 0 Å². The lowest BCUT2D eigenvalue weighted by molar-refractivity contribution is 0.487. The zero-order valence-electron chi connectivity index (χ0n) is 7.33. The van der Waals surface area contributed by atoms with Crippen LogP contribution in [0.25, 0.3) is 0 Å². The Bertz CT molecular complexity index is 380. The molecule has 1 saturated carbocycles. The first-order chi connectivity index (χ1) is 6.31. The fourth-order valence-electron chi connectivity index (χ4n) is 3.08. The standard InChI is InChI=1S/C12H11N/c1-2-7-6-10-8-3-4-9(5-8)11(10)12(7)13/h1,3-4,6,8-11,13H,5H2. The first kappa shape index (κ1) is 7.15. The minimum absolute atomic E-state index is 0.418. The highest BCUT2D eigenvalue weighted by molar-refractivity contribution is 6.06. The Labute approximate surface area is 78.0 Å². The molecule has 0 radical (unpaired) electrons. The molecule has 0 aromatic heterocycles. The third kappa shape index (κ3) is 0.715. The second-order valence-corrected chi connectivity index (χ2v) is 4.19. The minimum atomic E-state index is 0.418. The highest BCUT2D eigenvalue weighted by atomic mass is 14.6. The third-order valence-electron chi connectivity index (χ3n) is 3.66. The van der Waals surface area contributed by atoms with Crippen molar-refractivity contribution in [2.24, 2.45) is 23.7 Å². The van der Waals surface area contributed by atoms with Crippen LogP contribution in [-0.2, 0) is 0 Å². The van der Waals surface area contributed by atoms with Gasteiger partial charge in [-0.05, 0) is 24.2 Å². The van der Waals surface area contributed by atoms with Crippen molar-refractivity contribution < 1.29 is 0 Å². The van der Waals surface area contributed by atoms with Gasteiger partial charge < -0.3 is 5.41 Å². The van der Waals surface area contributed by atoms with Crippen LogP contribution in [0.5, 0.6) is 0 Å². The van der Waals surface area contributed by atoms with E-state index in [1.54, 1.807) is 0 Å². The fourth-order valence-corrected chi connectivity index (χ4v) is 3.08. The van der Waals surface area contributed by atoms with Crippen molar-refractivity contribution in [3.05, 3.63) is 23.8 Å². The first-order valence-corrected chi connectivity index (χ1v) is 4.77. The molecule has 0 heterocycles. The molecule has 1 N–H and O–H groups in total. The highest BCUT2D eigenvalue weighted by Crippen LogP contribution is 2.52. The monoisotopic (exact) mass is 169 g/mol. The normalized spacial score (nSPS) is 44.8. The third-order valence-corrected chi connectivity index (χ3v) is 3.66. The van der Waals surface area contributed by atoms with Crippen molar-refractivity contribution >= 4 is 5.71 Å². The summed E-state index contributed by atoms with van der Waals surface area (Å²) in [6.07, 6.45) is 13.3. The van der Waals surface area contributed by atoms with Crippen LogP contribution in [0, 0.1) is 41.4 Å². The molecule has 3 aliphatic rings. The van der Waals surface area contributed by atoms with Gasteiger partial charge in [0.25, 0.3) is 0 Å². The number of hydrogen-bond donors (Lipinski definition) is 1. The molecule has 64 valence electrons. The second-order valence-electron chi connectivity index (χ2n) is 4.19. The van der Waals surface area contributed by atoms with Crippen LogP contribution in [0.4, 0.5) is 0 Å². The van der Waals surface area contributed by atoms with E-state index in [2.05, 4.69) is 24.1 Å². The van der Waals surface area contributed by atoms with Crippen LogP contribution in [0.3, 0.4) is 0 Å². The van der Waals surface area contributed by atoms with Gasteiger partial charge in [0.1, 0.15) is 0 Å². The zero-order chi connectivity index (χ0) is 9.00. The number of fused-ring (bicyclic) bond motifs is 5. The molecular formula is C12H11N. The molecule has 0 saturated heterocycles. The van der Waals surface area contributed by atoms with Crippen molar-refractivity contribution in [3.8, 4) is 12.3 Å². The average molecular weight is 169 g/mol. The van der Waals surface area contributed by atoms with Crippen LogP contribution in [0.15, 0.2) is 23.8 Å². The maximum absolute atomic E-state index is 7.94. The molecule has 0 aromatic rings. The summed E-state index contributed by atoms with van der Waals surface area (Å²) in [5.41, 5.74) is 1.55. The molecular weight excluding hydrogens is 158 g/mol. The molecule has 2 bridgehead atoms. The van der Waals surface area contributed by atoms with E-state index in [-0.39, 0.29) is 0 Å². The molecule has 1 heteroatoms. The van der Waals surface area contributed by atoms with Crippen LogP contribution in [0.2, 0.25) is 0 Å². The van der Waals surface area contributed by atoms with Crippen LogP contribution in [-0.4, -0.2) is 5.71 Å². The molecule has 0 aromatic carbocycles. The van der Waals surface area contributed by atoms with E-state index in [1.807, 2.05) is 0 Å². The van der Waals surface area contributed by atoms with Gasteiger partial charge in [0.2, 0.25) is 0 Å². The smallest absolute Gasteiger partial charge is 0.0509 e. The second kappa shape index (κ2) is 2.14. The predicted molar refractivity (Wildman–Crippen MR) is 52.4 cm³/mol. The molecule has 4 atom stereocenters. The molecule has 3 aliphatic carbocycles. The quantitative estimate of drug-likeness (QED) is 0.424. The van der Waals surface area contributed by atoms with Gasteiger partial charge in [0, 0.05) is 11.5 Å². The molecule has 0 spiro atoms. The number of terminal acetylenes is 1. The summed E-state index contributed by atoms with van der Waals surface area (Å²) in [5.74, 6) is 4.86. The zero-order valence-corrected chi connectivity index (χ0v) is 7.33. The van der Waals surface area contributed by atoms with Gasteiger partial charge >= 0.3 is 0 Å². The molecule has 1 nitrogen and oxygen atoms in total. The SMILES string of the molecule is C#CC1=CC2C3C=CC(C3)C2C1=N. The Balaban J connectivity index is 2.06. The summed E-state index contributed by atoms with van der Waals surface area (Å²) in [6.45, 7) is 0. The van der Waals surface area contributed by atoms with E-state index in [9.17, 15) is 0 Å². The molecule has 4 unspecified atom stereocenters. The van der Waals surface area contributed by atoms with Gasteiger partial charge in [0.15, 0.2) is 0 Å². The van der Waals surface area contributed by atoms with Gasteiger partial charge in [-0.3, -0.25) is 0 Å². The van der Waals surface area contributed by atoms with E-state index in [0.717, 1.165) is 5.57 Å². The molecule has 13 heavy (non-hydrogen) atoms. The number of nitrogens with one attached hydrogen (secondary N) is 1. The van der Waals surface area contributed by atoms with Crippen molar-refractivity contribution in [1.82, 2.24) is 0 Å². The number of rotatable bonds is 0. The minimum Gasteiger partial charge on any atom is -0.304 e. The van der Waals surface area contributed by atoms with E-state index in [1.165, 1.54) is 6.42 Å². The Kier molecular flexibility index (Phi) is 1.18. The van der Waals surface area contributed by atoms with E-state index in [0.29, 0.717) is 29.4 Å². The maximum Gasteiger partial charge on any atom is 0.0509 e. The molecule has 0 amide bonds. The average Bonchev–Trinajstić information content (AvgIpc) is 2.76. The lowest BCUT2D eigenvalue weighted by atomic mass is 9.84. The lowest BCUT2D eigenvalue weighted by Crippen LogP contribution is -2.20. The summed E-state index contributed by atoms with van der Waals surface area (Å²) in [7, 11) is 0. The highest BCUT2D eigenvalue weighted by Gasteiger charge is 2.48. The molecule has 1 fully saturated rings. The van der Waals surface area contributed by atoms with Crippen LogP contribution in [0.1, 0.15) is 6.42 Å². The molecule has 3 rings (SSSR count). The van der Waals surface area contributed by atoms with Crippen molar-refractivity contribution in [3.63, 3.8) is 0 Å². The lowest BCUT2D eigenvalue weighted by Gasteiger charge is -2.19. The first-order valence-electron chi connectivity index (χ1n) is 4.77. The van der Waals surface area contributed by atoms with Gasteiger partial charge in [-0.2, -0.15) is 0 Å². The van der Waals surface area contributed by atoms with E-state index in [4.69, 9.17) is 11.8 Å². The van der Waals surface area contributed by atoms with Gasteiger partial charge in [-0.1, -0.05) is 24.1 Å². The number of hydrogen-bond acceptors (Lipinski definition) is 1. The summed E-state index contributed by atoms with van der Waals surface area (Å²) in [5, 5.41) is 7.94. The van der Waals surface area contributed by atoms with Crippen LogP contribution >= 0.6 is 0 Å². The Morgan fingerprint density at radius 3 is 2.85 bits per heavy atom. The maximum atomic E-state index is 7.94. The van der Waals surface area contributed by atoms with Crippen LogP contribution < -0.4 is 0 Å². The van der Waals surface area contributed by atoms with E-state index >= 15 is 0 Å². The molecule has 0 aliphatic heterocycles. The number of allylic oxidation sites excluding steroid dienone is 4. The fraction of sp³-hybridized carbons (Fsp3) is 0.417. The van der Waals surface area contributed by atoms with Gasteiger partial charge in [0.05, 0.1) is 5.71 Å². The summed E-state index contributed by atoms with van der Waals surface area (Å²) < 4.78 is 0. The Morgan fingerprint density at radius 1 is 1.38 bits per heavy atom. The Hall–Kier alpha value is -1.29. The largest absolute Gasteiger partial charge is 0.304 e. The summed E-state index contributed by atoms with van der Waals surface area (Å²) in [6, 6.07) is 0. The van der Waals surface area contributed by atoms with E-state index < -0.39 is 0 Å². The predicted octanol–water partition coefficient (Wildman–Crippen LogP) is 2.02.